The average Bonchev–Trinajstić information content (AvgIpc) is 2.75. The van der Waals surface area contributed by atoms with Gasteiger partial charge in [-0.3, -0.25) is 4.79 Å². The Hall–Kier alpha value is -3.88. The molecule has 0 atom stereocenters. The van der Waals surface area contributed by atoms with Crippen LogP contribution in [0.5, 0.6) is 17.2 Å². The molecule has 0 saturated carbocycles. The van der Waals surface area contributed by atoms with Crippen molar-refractivity contribution in [1.29, 1.82) is 0 Å². The van der Waals surface area contributed by atoms with E-state index in [1.165, 1.54) is 45.6 Å². The van der Waals surface area contributed by atoms with Gasteiger partial charge >= 0.3 is 0 Å². The molecule has 3 rings (SSSR count). The Labute approximate surface area is 166 Å². The third kappa shape index (κ3) is 4.70. The maximum Gasteiger partial charge on any atom is 0.257 e. The van der Waals surface area contributed by atoms with Crippen LogP contribution in [0.1, 0.15) is 10.4 Å². The number of aromatic nitrogens is 2. The number of ether oxygens (including phenoxy) is 3. The van der Waals surface area contributed by atoms with Crippen molar-refractivity contribution in [2.45, 2.75) is 0 Å². The van der Waals surface area contributed by atoms with Gasteiger partial charge in [0.25, 0.3) is 5.91 Å². The van der Waals surface area contributed by atoms with Gasteiger partial charge in [-0.1, -0.05) is 0 Å². The lowest BCUT2D eigenvalue weighted by atomic mass is 10.1. The first-order valence-electron chi connectivity index (χ1n) is 8.51. The van der Waals surface area contributed by atoms with Crippen molar-refractivity contribution < 1.29 is 23.4 Å². The largest absolute Gasteiger partial charge is 0.493 e. The molecule has 0 spiro atoms. The summed E-state index contributed by atoms with van der Waals surface area (Å²) in [6, 6.07) is 12.1. The van der Waals surface area contributed by atoms with E-state index >= 15 is 0 Å². The summed E-state index contributed by atoms with van der Waals surface area (Å²) in [6.45, 7) is 0. The van der Waals surface area contributed by atoms with E-state index in [1.807, 2.05) is 0 Å². The summed E-state index contributed by atoms with van der Waals surface area (Å²) < 4.78 is 28.7. The van der Waals surface area contributed by atoms with Crippen LogP contribution in [0, 0.1) is 5.82 Å². The fraction of sp³-hybridized carbons (Fsp3) is 0.150. The Morgan fingerprint density at radius 1 is 0.862 bits per heavy atom. The Morgan fingerprint density at radius 3 is 1.97 bits per heavy atom. The molecular weight excluding hydrogens is 379 g/mol. The lowest BCUT2D eigenvalue weighted by Crippen LogP contribution is -2.14. The van der Waals surface area contributed by atoms with Crippen LogP contribution in [0.15, 0.2) is 48.5 Å². The average molecular weight is 398 g/mol. The second kappa shape index (κ2) is 8.87. The highest BCUT2D eigenvalue weighted by molar-refractivity contribution is 6.04. The van der Waals surface area contributed by atoms with E-state index in [2.05, 4.69) is 20.8 Å². The molecule has 0 radical (unpaired) electrons. The zero-order chi connectivity index (χ0) is 20.8. The van der Waals surface area contributed by atoms with Gasteiger partial charge in [0.1, 0.15) is 5.82 Å². The first kappa shape index (κ1) is 19.9. The van der Waals surface area contributed by atoms with Crippen molar-refractivity contribution in [2.24, 2.45) is 0 Å². The third-order valence-corrected chi connectivity index (χ3v) is 3.95. The first-order chi connectivity index (χ1) is 14.0. The molecule has 3 aromatic rings. The van der Waals surface area contributed by atoms with E-state index in [4.69, 9.17) is 14.2 Å². The number of hydrogen-bond donors (Lipinski definition) is 2. The topological polar surface area (TPSA) is 94.6 Å². The van der Waals surface area contributed by atoms with E-state index in [9.17, 15) is 9.18 Å². The van der Waals surface area contributed by atoms with Crippen LogP contribution in [0.25, 0.3) is 0 Å². The fourth-order valence-corrected chi connectivity index (χ4v) is 2.55. The van der Waals surface area contributed by atoms with Crippen LogP contribution in [-0.2, 0) is 0 Å². The number of rotatable bonds is 7. The molecule has 1 aromatic heterocycles. The number of benzene rings is 2. The summed E-state index contributed by atoms with van der Waals surface area (Å²) in [5.74, 6) is 1.08. The quantitative estimate of drug-likeness (QED) is 0.627. The number of halogens is 1. The third-order valence-electron chi connectivity index (χ3n) is 3.95. The van der Waals surface area contributed by atoms with Gasteiger partial charge in [-0.2, -0.15) is 0 Å². The normalized spacial score (nSPS) is 10.2. The lowest BCUT2D eigenvalue weighted by molar-refractivity contribution is 0.102. The molecule has 0 aliphatic rings. The number of hydrogen-bond acceptors (Lipinski definition) is 7. The molecule has 8 nitrogen and oxygen atoms in total. The molecule has 1 amide bonds. The molecule has 0 saturated heterocycles. The Morgan fingerprint density at radius 2 is 1.45 bits per heavy atom. The van der Waals surface area contributed by atoms with Gasteiger partial charge in [-0.15, -0.1) is 10.2 Å². The van der Waals surface area contributed by atoms with Gasteiger partial charge in [-0.05, 0) is 48.5 Å². The van der Waals surface area contributed by atoms with E-state index in [0.29, 0.717) is 34.3 Å². The van der Waals surface area contributed by atoms with Crippen molar-refractivity contribution in [3.05, 3.63) is 59.9 Å². The van der Waals surface area contributed by atoms with Crippen molar-refractivity contribution >= 4 is 23.2 Å². The number of carbonyl (C=O) groups is 1. The standard InChI is InChI=1S/C20H19FN4O4/c1-27-15-10-12(11-16(28-2)19(15)29-3)20(26)23-18-9-8-17(24-25-18)22-14-6-4-13(21)5-7-14/h4-11H,1-3H3,(H,22,24)(H,23,25,26). The number of anilines is 3. The molecule has 29 heavy (non-hydrogen) atoms. The summed E-state index contributed by atoms with van der Waals surface area (Å²) in [7, 11) is 4.42. The van der Waals surface area contributed by atoms with Crippen LogP contribution in [0.2, 0.25) is 0 Å². The van der Waals surface area contributed by atoms with Gasteiger partial charge in [0, 0.05) is 11.3 Å². The molecule has 9 heteroatoms. The van der Waals surface area contributed by atoms with E-state index in [0.717, 1.165) is 0 Å². The second-order valence-corrected chi connectivity index (χ2v) is 5.80. The number of nitrogens with one attached hydrogen (secondary N) is 2. The highest BCUT2D eigenvalue weighted by Crippen LogP contribution is 2.38. The van der Waals surface area contributed by atoms with Crippen LogP contribution < -0.4 is 24.8 Å². The van der Waals surface area contributed by atoms with Crippen LogP contribution >= 0.6 is 0 Å². The molecular formula is C20H19FN4O4. The highest BCUT2D eigenvalue weighted by atomic mass is 19.1. The molecule has 1 heterocycles. The Kier molecular flexibility index (Phi) is 6.08. The van der Waals surface area contributed by atoms with Crippen molar-refractivity contribution in [3.63, 3.8) is 0 Å². The van der Waals surface area contributed by atoms with Crippen molar-refractivity contribution in [1.82, 2.24) is 10.2 Å². The molecule has 2 aromatic carbocycles. The van der Waals surface area contributed by atoms with Gasteiger partial charge in [-0.25, -0.2) is 4.39 Å². The maximum absolute atomic E-state index is 13.0. The van der Waals surface area contributed by atoms with Crippen LogP contribution in [0.4, 0.5) is 21.7 Å². The van der Waals surface area contributed by atoms with Crippen molar-refractivity contribution in [2.75, 3.05) is 32.0 Å². The summed E-state index contributed by atoms with van der Waals surface area (Å²) in [5.41, 5.74) is 0.963. The molecule has 0 fully saturated rings. The SMILES string of the molecule is COc1cc(C(=O)Nc2ccc(Nc3ccc(F)cc3)nn2)cc(OC)c1OC. The summed E-state index contributed by atoms with van der Waals surface area (Å²) in [4.78, 5) is 12.6. The van der Waals surface area contributed by atoms with Gasteiger partial charge in [0.2, 0.25) is 5.75 Å². The van der Waals surface area contributed by atoms with Crippen LogP contribution in [-0.4, -0.2) is 37.4 Å². The molecule has 0 unspecified atom stereocenters. The smallest absolute Gasteiger partial charge is 0.257 e. The van der Waals surface area contributed by atoms with Crippen LogP contribution in [0.3, 0.4) is 0 Å². The predicted octanol–water partition coefficient (Wildman–Crippen LogP) is 3.64. The van der Waals surface area contributed by atoms with Gasteiger partial charge in [0.15, 0.2) is 23.1 Å². The number of amides is 1. The molecule has 150 valence electrons. The fourth-order valence-electron chi connectivity index (χ4n) is 2.55. The predicted molar refractivity (Wildman–Crippen MR) is 106 cm³/mol. The number of nitrogens with zero attached hydrogens (tertiary/aromatic N) is 2. The van der Waals surface area contributed by atoms with Crippen molar-refractivity contribution in [3.8, 4) is 17.2 Å². The minimum Gasteiger partial charge on any atom is -0.493 e. The molecule has 0 bridgehead atoms. The van der Waals surface area contributed by atoms with Gasteiger partial charge in [0.05, 0.1) is 21.3 Å². The minimum absolute atomic E-state index is 0.258. The molecule has 0 aliphatic carbocycles. The zero-order valence-corrected chi connectivity index (χ0v) is 16.0. The number of carbonyl (C=O) groups excluding carboxylic acids is 1. The first-order valence-corrected chi connectivity index (χ1v) is 8.51. The van der Waals surface area contributed by atoms with Gasteiger partial charge < -0.3 is 24.8 Å². The monoisotopic (exact) mass is 398 g/mol. The van der Waals surface area contributed by atoms with E-state index < -0.39 is 5.91 Å². The van der Waals surface area contributed by atoms with E-state index in [1.54, 1.807) is 24.3 Å². The number of methoxy groups -OCH3 is 3. The minimum atomic E-state index is -0.419. The summed E-state index contributed by atoms with van der Waals surface area (Å²) >= 11 is 0. The zero-order valence-electron chi connectivity index (χ0n) is 16.0. The second-order valence-electron chi connectivity index (χ2n) is 5.80. The Balaban J connectivity index is 1.73. The molecule has 0 aliphatic heterocycles. The summed E-state index contributed by atoms with van der Waals surface area (Å²) in [6.07, 6.45) is 0. The highest BCUT2D eigenvalue weighted by Gasteiger charge is 2.17. The lowest BCUT2D eigenvalue weighted by Gasteiger charge is -2.14. The molecule has 2 N–H and O–H groups in total. The Bertz CT molecular complexity index is 969. The maximum atomic E-state index is 13.0. The summed E-state index contributed by atoms with van der Waals surface area (Å²) in [5, 5.41) is 13.6. The van der Waals surface area contributed by atoms with E-state index in [-0.39, 0.29) is 11.6 Å².